The second-order valence-electron chi connectivity index (χ2n) is 4.35. The summed E-state index contributed by atoms with van der Waals surface area (Å²) < 4.78 is 7.45. The average Bonchev–Trinajstić information content (AvgIpc) is 2.79. The monoisotopic (exact) mass is 261 g/mol. The SMILES string of the molecule is CCCOc1cc(N)cc(NCc2nncn2C)c1. The van der Waals surface area contributed by atoms with Gasteiger partial charge in [-0.25, -0.2) is 0 Å². The Morgan fingerprint density at radius 3 is 2.89 bits per heavy atom. The van der Waals surface area contributed by atoms with E-state index in [4.69, 9.17) is 10.5 Å². The minimum absolute atomic E-state index is 0.590. The van der Waals surface area contributed by atoms with E-state index in [2.05, 4.69) is 22.4 Å². The van der Waals surface area contributed by atoms with E-state index in [1.807, 2.05) is 29.8 Å². The van der Waals surface area contributed by atoms with Gasteiger partial charge >= 0.3 is 0 Å². The summed E-state index contributed by atoms with van der Waals surface area (Å²) in [5.74, 6) is 1.64. The second kappa shape index (κ2) is 6.08. The van der Waals surface area contributed by atoms with Crippen LogP contribution in [0.2, 0.25) is 0 Å². The molecule has 3 N–H and O–H groups in total. The molecule has 0 aliphatic carbocycles. The molecule has 2 rings (SSSR count). The van der Waals surface area contributed by atoms with Crippen LogP contribution in [-0.4, -0.2) is 21.4 Å². The van der Waals surface area contributed by atoms with Crippen molar-refractivity contribution in [3.63, 3.8) is 0 Å². The Labute approximate surface area is 112 Å². The quantitative estimate of drug-likeness (QED) is 0.775. The number of rotatable bonds is 6. The molecule has 1 aromatic heterocycles. The van der Waals surface area contributed by atoms with Gasteiger partial charge in [-0.2, -0.15) is 0 Å². The fourth-order valence-electron chi connectivity index (χ4n) is 1.68. The summed E-state index contributed by atoms with van der Waals surface area (Å²) in [6.07, 6.45) is 2.64. The van der Waals surface area contributed by atoms with Crippen molar-refractivity contribution in [2.24, 2.45) is 7.05 Å². The van der Waals surface area contributed by atoms with Crippen molar-refractivity contribution in [3.8, 4) is 5.75 Å². The number of hydrogen-bond acceptors (Lipinski definition) is 5. The van der Waals surface area contributed by atoms with Gasteiger partial charge in [-0.3, -0.25) is 0 Å². The molecule has 2 aromatic rings. The van der Waals surface area contributed by atoms with Crippen LogP contribution in [0.25, 0.3) is 0 Å². The minimum atomic E-state index is 0.590. The molecule has 0 aliphatic heterocycles. The molecule has 102 valence electrons. The van der Waals surface area contributed by atoms with Gasteiger partial charge < -0.3 is 20.4 Å². The fraction of sp³-hybridized carbons (Fsp3) is 0.385. The summed E-state index contributed by atoms with van der Waals surface area (Å²) in [5.41, 5.74) is 7.44. The highest BCUT2D eigenvalue weighted by atomic mass is 16.5. The third-order valence-corrected chi connectivity index (χ3v) is 2.66. The molecule has 6 nitrogen and oxygen atoms in total. The zero-order valence-corrected chi connectivity index (χ0v) is 11.3. The van der Waals surface area contributed by atoms with Crippen molar-refractivity contribution in [1.82, 2.24) is 14.8 Å². The Bertz CT molecular complexity index is 538. The third kappa shape index (κ3) is 3.61. The van der Waals surface area contributed by atoms with Gasteiger partial charge in [-0.05, 0) is 12.5 Å². The number of nitrogens with two attached hydrogens (primary N) is 1. The van der Waals surface area contributed by atoms with Crippen LogP contribution in [0.1, 0.15) is 19.2 Å². The predicted octanol–water partition coefficient (Wildman–Crippen LogP) is 1.80. The van der Waals surface area contributed by atoms with Crippen LogP contribution in [0.3, 0.4) is 0 Å². The lowest BCUT2D eigenvalue weighted by Gasteiger charge is -2.10. The highest BCUT2D eigenvalue weighted by Crippen LogP contribution is 2.23. The topological polar surface area (TPSA) is 78.0 Å². The summed E-state index contributed by atoms with van der Waals surface area (Å²) in [7, 11) is 1.91. The number of nitrogens with zero attached hydrogens (tertiary/aromatic N) is 3. The van der Waals surface area contributed by atoms with E-state index >= 15 is 0 Å². The van der Waals surface area contributed by atoms with Crippen molar-refractivity contribution in [3.05, 3.63) is 30.4 Å². The summed E-state index contributed by atoms with van der Waals surface area (Å²) >= 11 is 0. The Balaban J connectivity index is 2.03. The molecule has 0 aliphatic rings. The molecule has 1 aromatic carbocycles. The number of aryl methyl sites for hydroxylation is 1. The number of nitrogens with one attached hydrogen (secondary N) is 1. The van der Waals surface area contributed by atoms with Crippen LogP contribution in [-0.2, 0) is 13.6 Å². The van der Waals surface area contributed by atoms with Crippen LogP contribution < -0.4 is 15.8 Å². The number of ether oxygens (including phenoxy) is 1. The third-order valence-electron chi connectivity index (χ3n) is 2.66. The van der Waals surface area contributed by atoms with Gasteiger partial charge in [0.1, 0.15) is 12.1 Å². The van der Waals surface area contributed by atoms with Crippen molar-refractivity contribution >= 4 is 11.4 Å². The molecular weight excluding hydrogens is 242 g/mol. The molecule has 6 heteroatoms. The predicted molar refractivity (Wildman–Crippen MR) is 75.0 cm³/mol. The van der Waals surface area contributed by atoms with Crippen LogP contribution in [0.15, 0.2) is 24.5 Å². The maximum Gasteiger partial charge on any atom is 0.151 e. The van der Waals surface area contributed by atoms with E-state index in [1.165, 1.54) is 0 Å². The minimum Gasteiger partial charge on any atom is -0.493 e. The van der Waals surface area contributed by atoms with E-state index in [-0.39, 0.29) is 0 Å². The number of anilines is 2. The van der Waals surface area contributed by atoms with E-state index in [9.17, 15) is 0 Å². The van der Waals surface area contributed by atoms with Crippen LogP contribution in [0.4, 0.5) is 11.4 Å². The number of nitrogen functional groups attached to an aromatic ring is 1. The number of aromatic nitrogens is 3. The highest BCUT2D eigenvalue weighted by Gasteiger charge is 2.03. The second-order valence-corrected chi connectivity index (χ2v) is 4.35. The smallest absolute Gasteiger partial charge is 0.151 e. The van der Waals surface area contributed by atoms with Crippen molar-refractivity contribution in [2.75, 3.05) is 17.7 Å². The molecule has 0 unspecified atom stereocenters. The maximum absolute atomic E-state index is 5.86. The lowest BCUT2D eigenvalue weighted by Crippen LogP contribution is -2.06. The molecule has 0 spiro atoms. The van der Waals surface area contributed by atoms with Crippen LogP contribution >= 0.6 is 0 Å². The average molecular weight is 261 g/mol. The van der Waals surface area contributed by atoms with Crippen molar-refractivity contribution in [1.29, 1.82) is 0 Å². The lowest BCUT2D eigenvalue weighted by atomic mass is 10.2. The lowest BCUT2D eigenvalue weighted by molar-refractivity contribution is 0.318. The summed E-state index contributed by atoms with van der Waals surface area (Å²) in [5, 5.41) is 11.1. The molecule has 0 amide bonds. The molecule has 0 radical (unpaired) electrons. The van der Waals surface area contributed by atoms with Crippen molar-refractivity contribution < 1.29 is 4.74 Å². The maximum atomic E-state index is 5.86. The molecule has 0 atom stereocenters. The zero-order chi connectivity index (χ0) is 13.7. The van der Waals surface area contributed by atoms with Gasteiger partial charge in [-0.15, -0.1) is 10.2 Å². The first kappa shape index (κ1) is 13.2. The molecular formula is C13H19N5O. The van der Waals surface area contributed by atoms with Gasteiger partial charge in [0.05, 0.1) is 13.2 Å². The first-order chi connectivity index (χ1) is 9.19. The van der Waals surface area contributed by atoms with Gasteiger partial charge in [0.15, 0.2) is 5.82 Å². The van der Waals surface area contributed by atoms with E-state index < -0.39 is 0 Å². The summed E-state index contributed by atoms with van der Waals surface area (Å²) in [6, 6.07) is 5.63. The molecule has 0 bridgehead atoms. The number of benzene rings is 1. The Morgan fingerprint density at radius 2 is 2.21 bits per heavy atom. The van der Waals surface area contributed by atoms with E-state index in [0.717, 1.165) is 23.7 Å². The van der Waals surface area contributed by atoms with Gasteiger partial charge in [0.25, 0.3) is 0 Å². The van der Waals surface area contributed by atoms with Gasteiger partial charge in [0.2, 0.25) is 0 Å². The molecule has 19 heavy (non-hydrogen) atoms. The standard InChI is InChI=1S/C13H19N5O/c1-3-4-19-12-6-10(14)5-11(7-12)15-8-13-17-16-9-18(13)2/h5-7,9,15H,3-4,8,14H2,1-2H3. The summed E-state index contributed by atoms with van der Waals surface area (Å²) in [6.45, 7) is 3.35. The Kier molecular flexibility index (Phi) is 4.22. The van der Waals surface area contributed by atoms with E-state index in [0.29, 0.717) is 18.8 Å². The molecule has 0 fully saturated rings. The van der Waals surface area contributed by atoms with Crippen molar-refractivity contribution in [2.45, 2.75) is 19.9 Å². The Morgan fingerprint density at radius 1 is 1.37 bits per heavy atom. The normalized spacial score (nSPS) is 10.4. The first-order valence-electron chi connectivity index (χ1n) is 6.29. The van der Waals surface area contributed by atoms with Crippen LogP contribution in [0, 0.1) is 0 Å². The molecule has 1 heterocycles. The van der Waals surface area contributed by atoms with E-state index in [1.54, 1.807) is 6.33 Å². The van der Waals surface area contributed by atoms with Gasteiger partial charge in [0, 0.05) is 30.6 Å². The fourth-order valence-corrected chi connectivity index (χ4v) is 1.68. The summed E-state index contributed by atoms with van der Waals surface area (Å²) in [4.78, 5) is 0. The Hall–Kier alpha value is -2.24. The highest BCUT2D eigenvalue weighted by molar-refractivity contribution is 5.59. The largest absolute Gasteiger partial charge is 0.493 e. The number of hydrogen-bond donors (Lipinski definition) is 2. The van der Waals surface area contributed by atoms with Gasteiger partial charge in [-0.1, -0.05) is 6.92 Å². The molecule has 0 saturated heterocycles. The molecule has 0 saturated carbocycles. The first-order valence-corrected chi connectivity index (χ1v) is 6.29. The zero-order valence-electron chi connectivity index (χ0n) is 11.3. The van der Waals surface area contributed by atoms with Crippen LogP contribution in [0.5, 0.6) is 5.75 Å².